The van der Waals surface area contributed by atoms with Crippen molar-refractivity contribution in [3.8, 4) is 11.4 Å². The number of aromatic nitrogens is 2. The molecule has 2 aromatic carbocycles. The molecule has 0 spiro atoms. The molecule has 1 aromatic heterocycles. The average Bonchev–Trinajstić information content (AvgIpc) is 3.11. The van der Waals surface area contributed by atoms with Crippen LogP contribution >= 0.6 is 11.8 Å². The molecule has 0 radical (unpaired) electrons. The fourth-order valence-corrected chi connectivity index (χ4v) is 2.91. The summed E-state index contributed by atoms with van der Waals surface area (Å²) in [5, 5.41) is 2.95. The molecule has 0 saturated heterocycles. The van der Waals surface area contributed by atoms with Crippen LogP contribution in [0.3, 0.4) is 0 Å². The van der Waals surface area contributed by atoms with E-state index in [0.29, 0.717) is 5.56 Å². The average molecular weight is 337 g/mol. The molecule has 0 aliphatic rings. The van der Waals surface area contributed by atoms with Crippen LogP contribution < -0.4 is 5.32 Å². The smallest absolute Gasteiger partial charge is 0.255 e. The lowest BCUT2D eigenvalue weighted by molar-refractivity contribution is 0.102. The summed E-state index contributed by atoms with van der Waals surface area (Å²) in [6.45, 7) is 2.93. The second-order valence-corrected chi connectivity index (χ2v) is 6.18. The van der Waals surface area contributed by atoms with Gasteiger partial charge in [0, 0.05) is 40.6 Å². The van der Waals surface area contributed by atoms with E-state index in [1.165, 1.54) is 0 Å². The third-order valence-corrected chi connectivity index (χ3v) is 4.53. The second-order valence-electron chi connectivity index (χ2n) is 5.30. The van der Waals surface area contributed by atoms with Crippen molar-refractivity contribution in [2.24, 2.45) is 0 Å². The molecule has 24 heavy (non-hydrogen) atoms. The van der Waals surface area contributed by atoms with Crippen LogP contribution in [0.15, 0.2) is 65.8 Å². The third-order valence-electron chi connectivity index (χ3n) is 3.79. The van der Waals surface area contributed by atoms with Crippen LogP contribution in [0.1, 0.15) is 17.3 Å². The van der Waals surface area contributed by atoms with Crippen molar-refractivity contribution in [3.63, 3.8) is 0 Å². The number of thioether (sulfide) groups is 1. The van der Waals surface area contributed by atoms with Crippen molar-refractivity contribution in [2.75, 3.05) is 11.6 Å². The Morgan fingerprint density at radius 3 is 2.71 bits per heavy atom. The number of nitrogens with zero attached hydrogens (tertiary/aromatic N) is 2. The monoisotopic (exact) mass is 337 g/mol. The summed E-state index contributed by atoms with van der Waals surface area (Å²) in [7, 11) is 0. The van der Waals surface area contributed by atoms with Gasteiger partial charge in [0.25, 0.3) is 5.91 Å². The lowest BCUT2D eigenvalue weighted by Gasteiger charge is -2.09. The number of rotatable bonds is 5. The maximum Gasteiger partial charge on any atom is 0.255 e. The van der Waals surface area contributed by atoms with E-state index in [1.807, 2.05) is 61.0 Å². The van der Waals surface area contributed by atoms with Gasteiger partial charge < -0.3 is 9.88 Å². The van der Waals surface area contributed by atoms with E-state index in [4.69, 9.17) is 0 Å². The number of aryl methyl sites for hydroxylation is 1. The number of anilines is 1. The van der Waals surface area contributed by atoms with Crippen molar-refractivity contribution >= 4 is 23.4 Å². The number of carbonyl (C=O) groups excluding carboxylic acids is 1. The zero-order valence-electron chi connectivity index (χ0n) is 13.7. The lowest BCUT2D eigenvalue weighted by Crippen LogP contribution is -2.11. The molecule has 3 aromatic rings. The van der Waals surface area contributed by atoms with Crippen LogP contribution in [0.25, 0.3) is 11.4 Å². The molecule has 0 aliphatic carbocycles. The van der Waals surface area contributed by atoms with Crippen LogP contribution in [0, 0.1) is 0 Å². The highest BCUT2D eigenvalue weighted by atomic mass is 32.2. The number of amides is 1. The molecule has 3 rings (SSSR count). The largest absolute Gasteiger partial charge is 0.331 e. The Balaban J connectivity index is 1.80. The van der Waals surface area contributed by atoms with Gasteiger partial charge in [0.1, 0.15) is 5.82 Å². The van der Waals surface area contributed by atoms with Gasteiger partial charge in [-0.05, 0) is 49.6 Å². The number of benzene rings is 2. The normalized spacial score (nSPS) is 10.6. The van der Waals surface area contributed by atoms with E-state index in [0.717, 1.165) is 28.5 Å². The van der Waals surface area contributed by atoms with Crippen molar-refractivity contribution in [1.82, 2.24) is 9.55 Å². The first-order valence-electron chi connectivity index (χ1n) is 7.78. The number of hydrogen-bond acceptors (Lipinski definition) is 3. The molecular weight excluding hydrogens is 318 g/mol. The first-order valence-corrected chi connectivity index (χ1v) is 9.00. The molecule has 4 nitrogen and oxygen atoms in total. The molecule has 1 amide bonds. The maximum atomic E-state index is 12.4. The summed E-state index contributed by atoms with van der Waals surface area (Å²) >= 11 is 1.66. The Kier molecular flexibility index (Phi) is 5.01. The Bertz CT molecular complexity index is 840. The number of hydrogen-bond donors (Lipinski definition) is 1. The molecule has 122 valence electrons. The van der Waals surface area contributed by atoms with E-state index < -0.39 is 0 Å². The molecule has 0 saturated carbocycles. The number of imidazole rings is 1. The second kappa shape index (κ2) is 7.36. The van der Waals surface area contributed by atoms with Gasteiger partial charge in [0.15, 0.2) is 0 Å². The van der Waals surface area contributed by atoms with E-state index in [2.05, 4.69) is 21.8 Å². The minimum atomic E-state index is -0.112. The molecule has 1 N–H and O–H groups in total. The molecule has 1 heterocycles. The van der Waals surface area contributed by atoms with Gasteiger partial charge in [-0.15, -0.1) is 11.8 Å². The molecule has 5 heteroatoms. The Morgan fingerprint density at radius 1 is 1.21 bits per heavy atom. The van der Waals surface area contributed by atoms with Crippen LogP contribution in [0.5, 0.6) is 0 Å². The topological polar surface area (TPSA) is 46.9 Å². The highest BCUT2D eigenvalue weighted by Gasteiger charge is 2.09. The van der Waals surface area contributed by atoms with Gasteiger partial charge in [-0.2, -0.15) is 0 Å². The van der Waals surface area contributed by atoms with E-state index >= 15 is 0 Å². The first kappa shape index (κ1) is 16.3. The van der Waals surface area contributed by atoms with E-state index in [-0.39, 0.29) is 5.91 Å². The fourth-order valence-electron chi connectivity index (χ4n) is 2.51. The van der Waals surface area contributed by atoms with E-state index in [1.54, 1.807) is 18.0 Å². The van der Waals surface area contributed by atoms with Gasteiger partial charge in [-0.1, -0.05) is 12.1 Å². The summed E-state index contributed by atoms with van der Waals surface area (Å²) in [5.74, 6) is 0.788. The highest BCUT2D eigenvalue weighted by Crippen LogP contribution is 2.22. The van der Waals surface area contributed by atoms with Crippen molar-refractivity contribution in [2.45, 2.75) is 18.4 Å². The minimum absolute atomic E-state index is 0.112. The standard InChI is InChI=1S/C19H19N3OS/c1-3-22-12-11-20-18(22)15-5-4-6-16(13-15)21-19(23)14-7-9-17(24-2)10-8-14/h4-13H,3H2,1-2H3,(H,21,23). The SMILES string of the molecule is CCn1ccnc1-c1cccc(NC(=O)c2ccc(SC)cc2)c1. The van der Waals surface area contributed by atoms with Gasteiger partial charge in [-0.3, -0.25) is 4.79 Å². The summed E-state index contributed by atoms with van der Waals surface area (Å²) in [4.78, 5) is 17.9. The summed E-state index contributed by atoms with van der Waals surface area (Å²) in [5.41, 5.74) is 2.39. The van der Waals surface area contributed by atoms with Gasteiger partial charge in [-0.25, -0.2) is 4.98 Å². The molecule has 0 aliphatic heterocycles. The van der Waals surface area contributed by atoms with Gasteiger partial charge >= 0.3 is 0 Å². The lowest BCUT2D eigenvalue weighted by atomic mass is 10.1. The molecular formula is C19H19N3OS. The Hall–Kier alpha value is -2.53. The summed E-state index contributed by atoms with van der Waals surface area (Å²) < 4.78 is 2.07. The molecule has 0 unspecified atom stereocenters. The maximum absolute atomic E-state index is 12.4. The Labute approximate surface area is 145 Å². The van der Waals surface area contributed by atoms with Crippen molar-refractivity contribution < 1.29 is 4.79 Å². The quantitative estimate of drug-likeness (QED) is 0.695. The summed E-state index contributed by atoms with van der Waals surface area (Å²) in [6, 6.07) is 15.3. The van der Waals surface area contributed by atoms with Crippen LogP contribution in [-0.4, -0.2) is 21.7 Å². The highest BCUT2D eigenvalue weighted by molar-refractivity contribution is 7.98. The summed E-state index contributed by atoms with van der Waals surface area (Å²) in [6.07, 6.45) is 5.76. The zero-order valence-corrected chi connectivity index (χ0v) is 14.5. The van der Waals surface area contributed by atoms with Gasteiger partial charge in [0.05, 0.1) is 0 Å². The van der Waals surface area contributed by atoms with E-state index in [9.17, 15) is 4.79 Å². The van der Waals surface area contributed by atoms with Crippen LogP contribution in [0.2, 0.25) is 0 Å². The van der Waals surface area contributed by atoms with Crippen molar-refractivity contribution in [1.29, 1.82) is 0 Å². The number of carbonyl (C=O) groups is 1. The molecule has 0 atom stereocenters. The van der Waals surface area contributed by atoms with Gasteiger partial charge in [0.2, 0.25) is 0 Å². The minimum Gasteiger partial charge on any atom is -0.331 e. The third kappa shape index (κ3) is 3.51. The Morgan fingerprint density at radius 2 is 2.00 bits per heavy atom. The zero-order chi connectivity index (χ0) is 16.9. The predicted octanol–water partition coefficient (Wildman–Crippen LogP) is 4.54. The molecule has 0 bridgehead atoms. The predicted molar refractivity (Wildman–Crippen MR) is 99.5 cm³/mol. The van der Waals surface area contributed by atoms with Crippen molar-refractivity contribution in [3.05, 3.63) is 66.5 Å². The molecule has 0 fully saturated rings. The first-order chi connectivity index (χ1) is 11.7. The number of nitrogens with one attached hydrogen (secondary N) is 1. The fraction of sp³-hybridized carbons (Fsp3) is 0.158. The van der Waals surface area contributed by atoms with Crippen LogP contribution in [-0.2, 0) is 6.54 Å². The van der Waals surface area contributed by atoms with Crippen LogP contribution in [0.4, 0.5) is 5.69 Å².